The number of piperidine rings is 1. The molecule has 0 radical (unpaired) electrons. The molecule has 11 nitrogen and oxygen atoms in total. The quantitative estimate of drug-likeness (QED) is 0.389. The minimum absolute atomic E-state index is 0.113. The lowest BCUT2D eigenvalue weighted by Crippen LogP contribution is -2.49. The average Bonchev–Trinajstić information content (AvgIpc) is 3.35. The molecule has 3 N–H and O–H groups in total. The molecule has 0 aromatic carbocycles. The summed E-state index contributed by atoms with van der Waals surface area (Å²) in [7, 11) is 1.35. The van der Waals surface area contributed by atoms with Crippen molar-refractivity contribution in [1.29, 1.82) is 0 Å². The summed E-state index contributed by atoms with van der Waals surface area (Å²) < 4.78 is 10.3. The third-order valence-corrected chi connectivity index (χ3v) is 6.97. The SMILES string of the molecule is COC(=O)c1cnc2cc(Nc3cc(C)[nH]n3)nc(NC3C[C@H]4CC[C@@H](C3)N4CC(=O)OC(C)C)c2c1. The number of anilines is 3. The monoisotopic (exact) mass is 507 g/mol. The summed E-state index contributed by atoms with van der Waals surface area (Å²) in [6.07, 6.45) is 5.28. The third kappa shape index (κ3) is 5.51. The molecule has 2 aliphatic rings. The van der Waals surface area contributed by atoms with Crippen LogP contribution in [0.3, 0.4) is 0 Å². The topological polar surface area (TPSA) is 134 Å². The van der Waals surface area contributed by atoms with E-state index in [2.05, 4.69) is 30.7 Å². The number of aromatic amines is 1. The van der Waals surface area contributed by atoms with Gasteiger partial charge in [0.05, 0.1) is 30.8 Å². The second-order valence-corrected chi connectivity index (χ2v) is 10.1. The van der Waals surface area contributed by atoms with Crippen molar-refractivity contribution in [2.45, 2.75) is 70.7 Å². The number of nitrogens with zero attached hydrogens (tertiary/aromatic N) is 4. The molecule has 0 spiro atoms. The molecule has 0 saturated carbocycles. The average molecular weight is 508 g/mol. The van der Waals surface area contributed by atoms with E-state index in [1.165, 1.54) is 13.3 Å². The smallest absolute Gasteiger partial charge is 0.339 e. The maximum absolute atomic E-state index is 12.3. The van der Waals surface area contributed by atoms with Crippen molar-refractivity contribution in [3.8, 4) is 0 Å². The van der Waals surface area contributed by atoms with E-state index in [0.717, 1.165) is 36.8 Å². The van der Waals surface area contributed by atoms with Crippen LogP contribution in [0.25, 0.3) is 10.9 Å². The first-order valence-corrected chi connectivity index (χ1v) is 12.7. The third-order valence-electron chi connectivity index (χ3n) is 6.97. The van der Waals surface area contributed by atoms with Crippen LogP contribution in [0, 0.1) is 6.92 Å². The standard InChI is InChI=1S/C26H33N7O4/c1-14(2)37-24(34)13-33-18-5-6-19(33)10-17(9-18)28-25-20-8-16(26(35)36-4)12-27-21(20)11-22(30-25)29-23-7-15(3)31-32-23/h7-8,11-12,14,17-19H,5-6,9-10,13H2,1-4H3,(H3,28,29,30,31,32)/t17?,18-,19+. The second kappa shape index (κ2) is 10.3. The Morgan fingerprint density at radius 1 is 1.16 bits per heavy atom. The molecule has 11 heteroatoms. The fourth-order valence-corrected chi connectivity index (χ4v) is 5.43. The van der Waals surface area contributed by atoms with Crippen LogP contribution < -0.4 is 10.6 Å². The van der Waals surface area contributed by atoms with Crippen molar-refractivity contribution in [3.05, 3.63) is 35.7 Å². The van der Waals surface area contributed by atoms with Gasteiger partial charge in [-0.05, 0) is 52.5 Å². The first-order chi connectivity index (χ1) is 17.8. The normalized spacial score (nSPS) is 21.3. The summed E-state index contributed by atoms with van der Waals surface area (Å²) in [4.78, 5) is 36.1. The molecule has 1 unspecified atom stereocenters. The number of esters is 2. The van der Waals surface area contributed by atoms with Gasteiger partial charge in [0.2, 0.25) is 0 Å². The molecule has 5 heterocycles. The highest BCUT2D eigenvalue weighted by Gasteiger charge is 2.42. The molecule has 37 heavy (non-hydrogen) atoms. The van der Waals surface area contributed by atoms with E-state index in [4.69, 9.17) is 14.5 Å². The highest BCUT2D eigenvalue weighted by atomic mass is 16.5. The highest BCUT2D eigenvalue weighted by Crippen LogP contribution is 2.37. The van der Waals surface area contributed by atoms with Crippen LogP contribution in [0.1, 0.15) is 55.6 Å². The summed E-state index contributed by atoms with van der Waals surface area (Å²) in [6.45, 7) is 6.00. The van der Waals surface area contributed by atoms with Gasteiger partial charge in [0.1, 0.15) is 11.6 Å². The molecule has 0 amide bonds. The Morgan fingerprint density at radius 3 is 2.57 bits per heavy atom. The van der Waals surface area contributed by atoms with Crippen LogP contribution >= 0.6 is 0 Å². The number of ether oxygens (including phenoxy) is 2. The number of fused-ring (bicyclic) bond motifs is 3. The van der Waals surface area contributed by atoms with Gasteiger partial charge in [-0.2, -0.15) is 5.10 Å². The van der Waals surface area contributed by atoms with E-state index >= 15 is 0 Å². The highest BCUT2D eigenvalue weighted by molar-refractivity contribution is 5.98. The minimum Gasteiger partial charge on any atom is -0.465 e. The summed E-state index contributed by atoms with van der Waals surface area (Å²) in [6, 6.07) is 6.26. The maximum Gasteiger partial charge on any atom is 0.339 e. The molecule has 3 aromatic heterocycles. The van der Waals surface area contributed by atoms with Crippen LogP contribution in [0.15, 0.2) is 24.4 Å². The molecule has 3 aromatic rings. The molecular weight excluding hydrogens is 474 g/mol. The van der Waals surface area contributed by atoms with Gasteiger partial charge in [0.15, 0.2) is 5.82 Å². The van der Waals surface area contributed by atoms with E-state index in [1.54, 1.807) is 6.07 Å². The molecule has 2 fully saturated rings. The number of nitrogens with one attached hydrogen (secondary N) is 3. The first kappa shape index (κ1) is 24.9. The van der Waals surface area contributed by atoms with Crippen molar-refractivity contribution >= 4 is 40.3 Å². The number of methoxy groups -OCH3 is 1. The van der Waals surface area contributed by atoms with Crippen molar-refractivity contribution < 1.29 is 19.1 Å². The molecular formula is C26H33N7O4. The summed E-state index contributed by atoms with van der Waals surface area (Å²) in [5.74, 6) is 1.27. The maximum atomic E-state index is 12.3. The lowest BCUT2D eigenvalue weighted by Gasteiger charge is -2.38. The Labute approximate surface area is 215 Å². The molecule has 5 rings (SSSR count). The van der Waals surface area contributed by atoms with E-state index in [1.807, 2.05) is 32.9 Å². The van der Waals surface area contributed by atoms with Gasteiger partial charge < -0.3 is 20.1 Å². The van der Waals surface area contributed by atoms with Crippen molar-refractivity contribution in [1.82, 2.24) is 25.1 Å². The lowest BCUT2D eigenvalue weighted by atomic mass is 9.97. The van der Waals surface area contributed by atoms with Gasteiger partial charge in [-0.3, -0.25) is 19.8 Å². The zero-order valence-electron chi connectivity index (χ0n) is 21.6. The number of carbonyl (C=O) groups is 2. The van der Waals surface area contributed by atoms with Gasteiger partial charge >= 0.3 is 11.9 Å². The number of aromatic nitrogens is 4. The first-order valence-electron chi connectivity index (χ1n) is 12.7. The molecule has 0 aliphatic carbocycles. The molecule has 196 valence electrons. The van der Waals surface area contributed by atoms with Gasteiger partial charge in [-0.15, -0.1) is 0 Å². The molecule has 3 atom stereocenters. The van der Waals surface area contributed by atoms with Gasteiger partial charge in [0.25, 0.3) is 0 Å². The van der Waals surface area contributed by atoms with Crippen LogP contribution in [0.5, 0.6) is 0 Å². The van der Waals surface area contributed by atoms with Crippen LogP contribution in [0.2, 0.25) is 0 Å². The summed E-state index contributed by atoms with van der Waals surface area (Å²) in [5.41, 5.74) is 1.99. The minimum atomic E-state index is -0.450. The fourth-order valence-electron chi connectivity index (χ4n) is 5.43. The molecule has 2 bridgehead atoms. The van der Waals surface area contributed by atoms with Gasteiger partial charge in [-0.25, -0.2) is 9.78 Å². The predicted molar refractivity (Wildman–Crippen MR) is 139 cm³/mol. The zero-order valence-corrected chi connectivity index (χ0v) is 21.6. The van der Waals surface area contributed by atoms with Crippen LogP contribution in [0.4, 0.5) is 17.5 Å². The Balaban J connectivity index is 1.40. The second-order valence-electron chi connectivity index (χ2n) is 10.1. The van der Waals surface area contributed by atoms with Crippen LogP contribution in [-0.4, -0.2) is 74.9 Å². The Morgan fingerprint density at radius 2 is 1.92 bits per heavy atom. The molecule has 2 saturated heterocycles. The van der Waals surface area contributed by atoms with E-state index in [9.17, 15) is 9.59 Å². The Hall–Kier alpha value is -3.73. The van der Waals surface area contributed by atoms with E-state index in [0.29, 0.717) is 47.2 Å². The Kier molecular flexibility index (Phi) is 6.96. The van der Waals surface area contributed by atoms with Crippen LogP contribution in [-0.2, 0) is 14.3 Å². The van der Waals surface area contributed by atoms with Crippen molar-refractivity contribution in [3.63, 3.8) is 0 Å². The van der Waals surface area contributed by atoms with E-state index in [-0.39, 0.29) is 18.1 Å². The van der Waals surface area contributed by atoms with Gasteiger partial charge in [-0.1, -0.05) is 0 Å². The van der Waals surface area contributed by atoms with Crippen molar-refractivity contribution in [2.24, 2.45) is 0 Å². The number of hydrogen-bond donors (Lipinski definition) is 3. The number of pyridine rings is 2. The predicted octanol–water partition coefficient (Wildman–Crippen LogP) is 3.55. The number of H-pyrrole nitrogens is 1. The summed E-state index contributed by atoms with van der Waals surface area (Å²) in [5, 5.41) is 14.8. The molecule has 2 aliphatic heterocycles. The lowest BCUT2D eigenvalue weighted by molar-refractivity contribution is -0.150. The number of rotatable bonds is 8. The number of aryl methyl sites for hydroxylation is 1. The number of hydrogen-bond acceptors (Lipinski definition) is 10. The number of carbonyl (C=O) groups excluding carboxylic acids is 2. The summed E-state index contributed by atoms with van der Waals surface area (Å²) >= 11 is 0. The van der Waals surface area contributed by atoms with E-state index < -0.39 is 5.97 Å². The largest absolute Gasteiger partial charge is 0.465 e. The van der Waals surface area contributed by atoms with Gasteiger partial charge in [0, 0.05) is 47.5 Å². The zero-order chi connectivity index (χ0) is 26.1. The van der Waals surface area contributed by atoms with Crippen molar-refractivity contribution in [2.75, 3.05) is 24.3 Å². The fraction of sp³-hybridized carbons (Fsp3) is 0.500. The Bertz CT molecular complexity index is 1290.